The molecule has 1 aromatic carbocycles. The lowest BCUT2D eigenvalue weighted by atomic mass is 10.2. The number of nitrogens with zero attached hydrogens (tertiary/aromatic N) is 2. The molecule has 0 unspecified atom stereocenters. The zero-order chi connectivity index (χ0) is 20.2. The van der Waals surface area contributed by atoms with Crippen LogP contribution >= 0.6 is 0 Å². The van der Waals surface area contributed by atoms with E-state index < -0.39 is 6.10 Å². The number of ether oxygens (including phenoxy) is 2. The highest BCUT2D eigenvalue weighted by Gasteiger charge is 2.14. The Hall–Kier alpha value is -1.99. The Morgan fingerprint density at radius 2 is 2.18 bits per heavy atom. The summed E-state index contributed by atoms with van der Waals surface area (Å²) in [6.45, 7) is 7.59. The molecule has 0 bridgehead atoms. The molecule has 1 aromatic heterocycles. The van der Waals surface area contributed by atoms with Crippen LogP contribution in [-0.2, 0) is 22.6 Å². The lowest BCUT2D eigenvalue weighted by Crippen LogP contribution is -2.36. The molecule has 6 heteroatoms. The van der Waals surface area contributed by atoms with Crippen LogP contribution in [0.4, 0.5) is 4.39 Å². The van der Waals surface area contributed by atoms with Crippen LogP contribution < -0.4 is 0 Å². The average molecular weight is 390 g/mol. The lowest BCUT2D eigenvalue weighted by molar-refractivity contribution is 0.0225. The summed E-state index contributed by atoms with van der Waals surface area (Å²) in [5, 5.41) is 10.3. The van der Waals surface area contributed by atoms with Crippen molar-refractivity contribution in [1.82, 2.24) is 9.47 Å². The highest BCUT2D eigenvalue weighted by Crippen LogP contribution is 2.12. The maximum Gasteiger partial charge on any atom is 0.123 e. The average Bonchev–Trinajstić information content (AvgIpc) is 3.08. The maximum absolute atomic E-state index is 13.5. The summed E-state index contributed by atoms with van der Waals surface area (Å²) in [7, 11) is 1.69. The summed E-state index contributed by atoms with van der Waals surface area (Å²) in [5.74, 6) is -0.227. The van der Waals surface area contributed by atoms with Crippen LogP contribution in [0.5, 0.6) is 0 Å². The van der Waals surface area contributed by atoms with Crippen molar-refractivity contribution >= 4 is 0 Å². The molecule has 2 rings (SSSR count). The molecule has 1 heterocycles. The van der Waals surface area contributed by atoms with E-state index in [-0.39, 0.29) is 12.4 Å². The van der Waals surface area contributed by atoms with E-state index in [9.17, 15) is 9.50 Å². The summed E-state index contributed by atoms with van der Waals surface area (Å²) in [6, 6.07) is 10.7. The molecule has 0 spiro atoms. The van der Waals surface area contributed by atoms with E-state index in [0.29, 0.717) is 32.8 Å². The van der Waals surface area contributed by atoms with E-state index in [1.807, 2.05) is 18.3 Å². The van der Waals surface area contributed by atoms with Gasteiger partial charge >= 0.3 is 0 Å². The third kappa shape index (κ3) is 7.94. The largest absolute Gasteiger partial charge is 0.389 e. The molecule has 0 fully saturated rings. The Kier molecular flexibility index (Phi) is 9.93. The molecule has 0 aliphatic rings. The molecule has 154 valence electrons. The molecule has 0 saturated heterocycles. The van der Waals surface area contributed by atoms with Gasteiger partial charge in [0.15, 0.2) is 0 Å². The van der Waals surface area contributed by atoms with Gasteiger partial charge in [0, 0.05) is 51.8 Å². The van der Waals surface area contributed by atoms with Crippen LogP contribution in [0.25, 0.3) is 0 Å². The number of aromatic nitrogens is 1. The Labute approximate surface area is 167 Å². The van der Waals surface area contributed by atoms with E-state index in [2.05, 4.69) is 22.1 Å². The van der Waals surface area contributed by atoms with Crippen LogP contribution in [0.1, 0.15) is 17.7 Å². The number of aliphatic hydroxyl groups excluding tert-OH is 1. The van der Waals surface area contributed by atoms with Gasteiger partial charge in [-0.3, -0.25) is 4.90 Å². The van der Waals surface area contributed by atoms with Crippen LogP contribution in [0.3, 0.4) is 0 Å². The minimum Gasteiger partial charge on any atom is -0.389 e. The van der Waals surface area contributed by atoms with Crippen molar-refractivity contribution < 1.29 is 19.0 Å². The van der Waals surface area contributed by atoms with Gasteiger partial charge in [-0.2, -0.15) is 0 Å². The number of benzene rings is 1. The summed E-state index contributed by atoms with van der Waals surface area (Å²) in [4.78, 5) is 2.19. The SMILES string of the molecule is C=CCOC[C@H](O)CN(CCCOC)Cc1cccn1Cc1cccc(F)c1. The zero-order valence-corrected chi connectivity index (χ0v) is 16.6. The molecular weight excluding hydrogens is 359 g/mol. The van der Waals surface area contributed by atoms with Gasteiger partial charge in [0.25, 0.3) is 0 Å². The quantitative estimate of drug-likeness (QED) is 0.398. The van der Waals surface area contributed by atoms with E-state index in [0.717, 1.165) is 24.2 Å². The van der Waals surface area contributed by atoms with Crippen molar-refractivity contribution in [2.24, 2.45) is 0 Å². The Balaban J connectivity index is 2.00. The zero-order valence-electron chi connectivity index (χ0n) is 16.6. The first-order chi connectivity index (χ1) is 13.6. The fourth-order valence-corrected chi connectivity index (χ4v) is 3.11. The third-order valence-corrected chi connectivity index (χ3v) is 4.39. The second kappa shape index (κ2) is 12.5. The monoisotopic (exact) mass is 390 g/mol. The van der Waals surface area contributed by atoms with E-state index in [1.165, 1.54) is 6.07 Å². The fraction of sp³-hybridized carbons (Fsp3) is 0.455. The van der Waals surface area contributed by atoms with Gasteiger partial charge in [-0.25, -0.2) is 4.39 Å². The summed E-state index contributed by atoms with van der Waals surface area (Å²) >= 11 is 0. The Morgan fingerprint density at radius 1 is 1.32 bits per heavy atom. The molecule has 5 nitrogen and oxygen atoms in total. The normalized spacial score (nSPS) is 12.4. The smallest absolute Gasteiger partial charge is 0.123 e. The van der Waals surface area contributed by atoms with Crippen molar-refractivity contribution in [3.05, 3.63) is 72.3 Å². The van der Waals surface area contributed by atoms with Gasteiger partial charge in [0.05, 0.1) is 19.3 Å². The van der Waals surface area contributed by atoms with Gasteiger partial charge in [0.1, 0.15) is 5.82 Å². The maximum atomic E-state index is 13.5. The van der Waals surface area contributed by atoms with E-state index in [4.69, 9.17) is 9.47 Å². The standard InChI is InChI=1S/C22H31FN2O3/c1-3-12-28-18-22(26)17-24(10-6-13-27-2)16-21-9-5-11-25(21)15-19-7-4-8-20(23)14-19/h3-5,7-9,11,14,22,26H,1,6,10,12-13,15-18H2,2H3/t22-/m1/s1. The first kappa shape index (κ1) is 22.3. The Morgan fingerprint density at radius 3 is 2.93 bits per heavy atom. The van der Waals surface area contributed by atoms with Gasteiger partial charge in [0.2, 0.25) is 0 Å². The molecule has 2 aromatic rings. The van der Waals surface area contributed by atoms with E-state index in [1.54, 1.807) is 25.3 Å². The number of rotatable bonds is 14. The molecular formula is C22H31FN2O3. The number of hydrogen-bond donors (Lipinski definition) is 1. The second-order valence-corrected chi connectivity index (χ2v) is 6.82. The van der Waals surface area contributed by atoms with Gasteiger partial charge < -0.3 is 19.1 Å². The fourth-order valence-electron chi connectivity index (χ4n) is 3.11. The predicted molar refractivity (Wildman–Crippen MR) is 109 cm³/mol. The predicted octanol–water partition coefficient (Wildman–Crippen LogP) is 3.08. The first-order valence-corrected chi connectivity index (χ1v) is 9.58. The molecule has 0 amide bonds. The van der Waals surface area contributed by atoms with Crippen molar-refractivity contribution in [2.45, 2.75) is 25.6 Å². The van der Waals surface area contributed by atoms with E-state index >= 15 is 0 Å². The number of aliphatic hydroxyl groups is 1. The van der Waals surface area contributed by atoms with Crippen molar-refractivity contribution in [3.63, 3.8) is 0 Å². The molecule has 0 aliphatic heterocycles. The Bertz CT molecular complexity index is 705. The highest BCUT2D eigenvalue weighted by molar-refractivity contribution is 5.18. The molecule has 1 N–H and O–H groups in total. The highest BCUT2D eigenvalue weighted by atomic mass is 19.1. The van der Waals surface area contributed by atoms with Gasteiger partial charge in [-0.15, -0.1) is 6.58 Å². The topological polar surface area (TPSA) is 46.9 Å². The molecule has 0 radical (unpaired) electrons. The molecule has 28 heavy (non-hydrogen) atoms. The molecule has 0 saturated carbocycles. The first-order valence-electron chi connectivity index (χ1n) is 9.58. The second-order valence-electron chi connectivity index (χ2n) is 6.82. The van der Waals surface area contributed by atoms with Gasteiger partial charge in [-0.05, 0) is 36.2 Å². The molecule has 0 aliphatic carbocycles. The lowest BCUT2D eigenvalue weighted by Gasteiger charge is -2.25. The van der Waals surface area contributed by atoms with Crippen LogP contribution in [-0.4, -0.2) is 60.7 Å². The van der Waals surface area contributed by atoms with Gasteiger partial charge in [-0.1, -0.05) is 18.2 Å². The van der Waals surface area contributed by atoms with Crippen molar-refractivity contribution in [1.29, 1.82) is 0 Å². The van der Waals surface area contributed by atoms with Crippen LogP contribution in [0.15, 0.2) is 55.3 Å². The minimum atomic E-state index is -0.575. The van der Waals surface area contributed by atoms with Crippen LogP contribution in [0, 0.1) is 5.82 Å². The van der Waals surface area contributed by atoms with Crippen molar-refractivity contribution in [2.75, 3.05) is 40.0 Å². The summed E-state index contributed by atoms with van der Waals surface area (Å²) < 4.78 is 26.1. The third-order valence-electron chi connectivity index (χ3n) is 4.39. The number of hydrogen-bond acceptors (Lipinski definition) is 4. The van der Waals surface area contributed by atoms with Crippen molar-refractivity contribution in [3.8, 4) is 0 Å². The summed E-state index contributed by atoms with van der Waals surface area (Å²) in [6.07, 6.45) is 3.97. The minimum absolute atomic E-state index is 0.227. The molecule has 1 atom stereocenters. The summed E-state index contributed by atoms with van der Waals surface area (Å²) in [5.41, 5.74) is 2.03. The number of halogens is 1. The number of methoxy groups -OCH3 is 1. The van der Waals surface area contributed by atoms with Crippen LogP contribution in [0.2, 0.25) is 0 Å².